The van der Waals surface area contributed by atoms with Crippen LogP contribution in [0.4, 0.5) is 0 Å². The molecule has 98 valence electrons. The lowest BCUT2D eigenvalue weighted by atomic mass is 10.2. The van der Waals surface area contributed by atoms with Gasteiger partial charge in [-0.3, -0.25) is 4.79 Å². The standard InChI is InChI=1S/C14H19NO2S/c1-3-8-15(9-10-16)14(17)11-18-13-7-5-4-6-12(13)2/h3-7,16H,1,8-11H2,2H3. The highest BCUT2D eigenvalue weighted by molar-refractivity contribution is 8.00. The number of carbonyl (C=O) groups is 1. The third-order valence-electron chi connectivity index (χ3n) is 2.52. The average molecular weight is 265 g/mol. The highest BCUT2D eigenvalue weighted by Crippen LogP contribution is 2.21. The van der Waals surface area contributed by atoms with Gasteiger partial charge < -0.3 is 10.0 Å². The molecule has 0 radical (unpaired) electrons. The molecule has 0 saturated carbocycles. The molecule has 0 spiro atoms. The van der Waals surface area contributed by atoms with Gasteiger partial charge in [0, 0.05) is 18.0 Å². The van der Waals surface area contributed by atoms with Gasteiger partial charge in [0.05, 0.1) is 12.4 Å². The second kappa shape index (κ2) is 7.95. The maximum absolute atomic E-state index is 12.0. The molecular weight excluding hydrogens is 246 g/mol. The number of amides is 1. The Labute approximate surface area is 113 Å². The maximum Gasteiger partial charge on any atom is 0.233 e. The Morgan fingerprint density at radius 2 is 2.22 bits per heavy atom. The van der Waals surface area contributed by atoms with Gasteiger partial charge >= 0.3 is 0 Å². The zero-order valence-corrected chi connectivity index (χ0v) is 11.4. The minimum atomic E-state index is -0.0192. The monoisotopic (exact) mass is 265 g/mol. The van der Waals surface area contributed by atoms with E-state index in [0.29, 0.717) is 18.8 Å². The van der Waals surface area contributed by atoms with E-state index in [9.17, 15) is 4.79 Å². The van der Waals surface area contributed by atoms with E-state index in [1.807, 2.05) is 31.2 Å². The van der Waals surface area contributed by atoms with Gasteiger partial charge in [0.2, 0.25) is 5.91 Å². The Balaban J connectivity index is 2.53. The lowest BCUT2D eigenvalue weighted by Crippen LogP contribution is -2.34. The second-order valence-corrected chi connectivity index (χ2v) is 4.92. The summed E-state index contributed by atoms with van der Waals surface area (Å²) in [4.78, 5) is 14.7. The fraction of sp³-hybridized carbons (Fsp3) is 0.357. The minimum Gasteiger partial charge on any atom is -0.395 e. The topological polar surface area (TPSA) is 40.5 Å². The number of nitrogens with zero attached hydrogens (tertiary/aromatic N) is 1. The molecule has 0 fully saturated rings. The summed E-state index contributed by atoms with van der Waals surface area (Å²) in [5.41, 5.74) is 1.17. The van der Waals surface area contributed by atoms with Crippen LogP contribution in [0.2, 0.25) is 0 Å². The van der Waals surface area contributed by atoms with Crippen molar-refractivity contribution in [2.24, 2.45) is 0 Å². The molecule has 3 nitrogen and oxygen atoms in total. The van der Waals surface area contributed by atoms with Crippen molar-refractivity contribution in [1.29, 1.82) is 0 Å². The van der Waals surface area contributed by atoms with Gasteiger partial charge in [-0.2, -0.15) is 0 Å². The SMILES string of the molecule is C=CCN(CCO)C(=O)CSc1ccccc1C. The van der Waals surface area contributed by atoms with E-state index < -0.39 is 0 Å². The predicted molar refractivity (Wildman–Crippen MR) is 75.8 cm³/mol. The Bertz CT molecular complexity index is 407. The van der Waals surface area contributed by atoms with Crippen molar-refractivity contribution in [3.63, 3.8) is 0 Å². The largest absolute Gasteiger partial charge is 0.395 e. The number of benzene rings is 1. The fourth-order valence-corrected chi connectivity index (χ4v) is 2.48. The summed E-state index contributed by atoms with van der Waals surface area (Å²) in [5, 5.41) is 8.91. The van der Waals surface area contributed by atoms with Crippen LogP contribution < -0.4 is 0 Å². The van der Waals surface area contributed by atoms with Crippen molar-refractivity contribution in [3.8, 4) is 0 Å². The van der Waals surface area contributed by atoms with Gasteiger partial charge in [-0.15, -0.1) is 18.3 Å². The lowest BCUT2D eigenvalue weighted by Gasteiger charge is -2.19. The van der Waals surface area contributed by atoms with Crippen LogP contribution in [0.5, 0.6) is 0 Å². The molecule has 1 N–H and O–H groups in total. The summed E-state index contributed by atoms with van der Waals surface area (Å²) in [6.07, 6.45) is 1.67. The van der Waals surface area contributed by atoms with Gasteiger partial charge in [0.25, 0.3) is 0 Å². The number of thioether (sulfide) groups is 1. The van der Waals surface area contributed by atoms with Crippen molar-refractivity contribution in [3.05, 3.63) is 42.5 Å². The quantitative estimate of drug-likeness (QED) is 0.606. The van der Waals surface area contributed by atoms with E-state index >= 15 is 0 Å². The zero-order valence-electron chi connectivity index (χ0n) is 10.6. The van der Waals surface area contributed by atoms with E-state index in [0.717, 1.165) is 4.90 Å². The Kier molecular flexibility index (Phi) is 6.54. The fourth-order valence-electron chi connectivity index (χ4n) is 1.54. The van der Waals surface area contributed by atoms with Crippen LogP contribution in [-0.2, 0) is 4.79 Å². The van der Waals surface area contributed by atoms with E-state index in [2.05, 4.69) is 6.58 Å². The molecule has 4 heteroatoms. The van der Waals surface area contributed by atoms with Crippen LogP contribution in [0.25, 0.3) is 0 Å². The summed E-state index contributed by atoms with van der Waals surface area (Å²) in [6, 6.07) is 7.99. The van der Waals surface area contributed by atoms with Crippen molar-refractivity contribution in [2.45, 2.75) is 11.8 Å². The summed E-state index contributed by atoms with van der Waals surface area (Å²) < 4.78 is 0. The van der Waals surface area contributed by atoms with Crippen LogP contribution in [0, 0.1) is 6.92 Å². The van der Waals surface area contributed by atoms with Crippen molar-refractivity contribution >= 4 is 17.7 Å². The summed E-state index contributed by atoms with van der Waals surface area (Å²) >= 11 is 1.53. The van der Waals surface area contributed by atoms with Crippen molar-refractivity contribution in [1.82, 2.24) is 4.90 Å². The number of hydrogen-bond donors (Lipinski definition) is 1. The molecule has 1 rings (SSSR count). The Morgan fingerprint density at radius 1 is 1.50 bits per heavy atom. The molecule has 0 bridgehead atoms. The highest BCUT2D eigenvalue weighted by Gasteiger charge is 2.12. The molecule has 0 aromatic heterocycles. The normalized spacial score (nSPS) is 10.1. The maximum atomic E-state index is 12.0. The van der Waals surface area contributed by atoms with Crippen LogP contribution in [0.15, 0.2) is 41.8 Å². The molecule has 1 aromatic carbocycles. The zero-order chi connectivity index (χ0) is 13.4. The van der Waals surface area contributed by atoms with Gasteiger partial charge in [-0.1, -0.05) is 24.3 Å². The van der Waals surface area contributed by atoms with Crippen molar-refractivity contribution in [2.75, 3.05) is 25.4 Å². The molecule has 1 aromatic rings. The minimum absolute atomic E-state index is 0.0192. The molecule has 0 heterocycles. The number of aliphatic hydroxyl groups excluding tert-OH is 1. The average Bonchev–Trinajstić information content (AvgIpc) is 2.37. The van der Waals surface area contributed by atoms with E-state index in [4.69, 9.17) is 5.11 Å². The molecule has 18 heavy (non-hydrogen) atoms. The number of hydrogen-bond acceptors (Lipinski definition) is 3. The first-order chi connectivity index (χ1) is 8.69. The highest BCUT2D eigenvalue weighted by atomic mass is 32.2. The predicted octanol–water partition coefficient (Wildman–Crippen LogP) is 2.09. The molecule has 1 amide bonds. The Hall–Kier alpha value is -1.26. The van der Waals surface area contributed by atoms with Crippen molar-refractivity contribution < 1.29 is 9.90 Å². The molecular formula is C14H19NO2S. The number of carbonyl (C=O) groups excluding carboxylic acids is 1. The third kappa shape index (κ3) is 4.55. The second-order valence-electron chi connectivity index (χ2n) is 3.91. The Morgan fingerprint density at radius 3 is 2.83 bits per heavy atom. The lowest BCUT2D eigenvalue weighted by molar-refractivity contribution is -0.128. The number of rotatable bonds is 7. The molecule has 0 unspecified atom stereocenters. The van der Waals surface area contributed by atoms with Gasteiger partial charge in [-0.05, 0) is 18.6 Å². The first kappa shape index (κ1) is 14.8. The van der Waals surface area contributed by atoms with E-state index in [1.165, 1.54) is 17.3 Å². The molecule has 0 saturated heterocycles. The first-order valence-corrected chi connectivity index (χ1v) is 6.85. The first-order valence-electron chi connectivity index (χ1n) is 5.87. The summed E-state index contributed by atoms with van der Waals surface area (Å²) in [7, 11) is 0. The van der Waals surface area contributed by atoms with Gasteiger partial charge in [-0.25, -0.2) is 0 Å². The van der Waals surface area contributed by atoms with Crippen LogP contribution in [0.3, 0.4) is 0 Å². The number of aliphatic hydroxyl groups is 1. The molecule has 0 aliphatic heterocycles. The summed E-state index contributed by atoms with van der Waals surface area (Å²) in [6.45, 7) is 6.47. The molecule has 0 aliphatic rings. The van der Waals surface area contributed by atoms with E-state index in [1.54, 1.807) is 11.0 Å². The summed E-state index contributed by atoms with van der Waals surface area (Å²) in [5.74, 6) is 0.413. The van der Waals surface area contributed by atoms with E-state index in [-0.39, 0.29) is 12.5 Å². The molecule has 0 atom stereocenters. The van der Waals surface area contributed by atoms with Crippen LogP contribution in [-0.4, -0.2) is 41.4 Å². The molecule has 0 aliphatic carbocycles. The van der Waals surface area contributed by atoms with Gasteiger partial charge in [0.1, 0.15) is 0 Å². The van der Waals surface area contributed by atoms with Gasteiger partial charge in [0.15, 0.2) is 0 Å². The number of aryl methyl sites for hydroxylation is 1. The van der Waals surface area contributed by atoms with Crippen LogP contribution >= 0.6 is 11.8 Å². The van der Waals surface area contributed by atoms with Crippen LogP contribution in [0.1, 0.15) is 5.56 Å². The smallest absolute Gasteiger partial charge is 0.233 e. The third-order valence-corrected chi connectivity index (χ3v) is 3.68.